The second-order valence-corrected chi connectivity index (χ2v) is 4.55. The highest BCUT2D eigenvalue weighted by atomic mass is 35.5. The summed E-state index contributed by atoms with van der Waals surface area (Å²) in [4.78, 5) is 8.41. The second-order valence-electron chi connectivity index (χ2n) is 4.15. The quantitative estimate of drug-likeness (QED) is 0.479. The van der Waals surface area contributed by atoms with Gasteiger partial charge in [0.1, 0.15) is 24.6 Å². The average molecular weight is 296 g/mol. The van der Waals surface area contributed by atoms with Crippen molar-refractivity contribution in [2.75, 3.05) is 13.2 Å². The van der Waals surface area contributed by atoms with Gasteiger partial charge in [0.25, 0.3) is 0 Å². The predicted octanol–water partition coefficient (Wildman–Crippen LogP) is 3.68. The molecule has 0 radical (unpaired) electrons. The maximum absolute atomic E-state index is 13.0. The minimum absolute atomic E-state index is 0.262. The molecule has 1 aromatic carbocycles. The molecule has 106 valence electrons. The van der Waals surface area contributed by atoms with Gasteiger partial charge < -0.3 is 4.74 Å². The fraction of sp³-hybridized carbons (Fsp3) is 0.286. The molecule has 0 unspecified atom stereocenters. The second kappa shape index (κ2) is 7.17. The summed E-state index contributed by atoms with van der Waals surface area (Å²) in [5.74, 6) is 0.254. The lowest BCUT2D eigenvalue weighted by Crippen LogP contribution is -2.17. The minimum atomic E-state index is -0.389. The van der Waals surface area contributed by atoms with E-state index in [4.69, 9.17) is 16.3 Å². The van der Waals surface area contributed by atoms with Gasteiger partial charge in [-0.25, -0.2) is 14.4 Å². The van der Waals surface area contributed by atoms with Crippen LogP contribution in [-0.2, 0) is 4.74 Å². The highest BCUT2D eigenvalue weighted by Crippen LogP contribution is 2.25. The number of hydrogen-bond donors (Lipinski definition) is 0. The lowest BCUT2D eigenvalue weighted by atomic mass is 10.3. The SMILES string of the molecule is CCCOCC(=Nc1ccc(F)cc1Cl)n1ccnc1. The van der Waals surface area contributed by atoms with Crippen molar-refractivity contribution in [1.29, 1.82) is 0 Å². The zero-order valence-corrected chi connectivity index (χ0v) is 11.8. The lowest BCUT2D eigenvalue weighted by molar-refractivity contribution is 0.170. The fourth-order valence-electron chi connectivity index (χ4n) is 1.60. The Hall–Kier alpha value is -1.72. The Morgan fingerprint density at radius 2 is 2.35 bits per heavy atom. The zero-order chi connectivity index (χ0) is 14.4. The largest absolute Gasteiger partial charge is 0.374 e. The summed E-state index contributed by atoms with van der Waals surface area (Å²) in [7, 11) is 0. The number of aliphatic imine (C=N–C) groups is 1. The van der Waals surface area contributed by atoms with Gasteiger partial charge >= 0.3 is 0 Å². The van der Waals surface area contributed by atoms with E-state index < -0.39 is 0 Å². The van der Waals surface area contributed by atoms with Gasteiger partial charge in [-0.3, -0.25) is 4.57 Å². The van der Waals surface area contributed by atoms with Crippen LogP contribution in [0.4, 0.5) is 10.1 Å². The van der Waals surface area contributed by atoms with Gasteiger partial charge in [0.2, 0.25) is 0 Å². The van der Waals surface area contributed by atoms with E-state index in [-0.39, 0.29) is 10.8 Å². The smallest absolute Gasteiger partial charge is 0.140 e. The summed E-state index contributed by atoms with van der Waals surface area (Å²) < 4.78 is 20.3. The molecule has 0 N–H and O–H groups in total. The summed E-state index contributed by atoms with van der Waals surface area (Å²) in [6, 6.07) is 4.09. The van der Waals surface area contributed by atoms with Crippen LogP contribution in [0, 0.1) is 5.82 Å². The summed E-state index contributed by atoms with van der Waals surface area (Å²) in [5.41, 5.74) is 0.497. The number of benzene rings is 1. The van der Waals surface area contributed by atoms with Crippen LogP contribution < -0.4 is 0 Å². The van der Waals surface area contributed by atoms with Crippen molar-refractivity contribution >= 4 is 23.1 Å². The number of imidazole rings is 1. The maximum atomic E-state index is 13.0. The van der Waals surface area contributed by atoms with E-state index in [1.54, 1.807) is 23.3 Å². The Morgan fingerprint density at radius 1 is 1.50 bits per heavy atom. The third-order valence-corrected chi connectivity index (χ3v) is 2.84. The Labute approximate surface area is 121 Å². The fourth-order valence-corrected chi connectivity index (χ4v) is 1.80. The molecule has 6 heteroatoms. The number of aromatic nitrogens is 2. The van der Waals surface area contributed by atoms with Crippen molar-refractivity contribution in [3.63, 3.8) is 0 Å². The molecule has 1 heterocycles. The molecule has 2 rings (SSSR count). The minimum Gasteiger partial charge on any atom is -0.374 e. The van der Waals surface area contributed by atoms with Crippen molar-refractivity contribution in [3.05, 3.63) is 47.8 Å². The molecule has 0 spiro atoms. The molecule has 0 bridgehead atoms. The Morgan fingerprint density at radius 3 is 3.00 bits per heavy atom. The molecule has 20 heavy (non-hydrogen) atoms. The molecular formula is C14H15ClFN3O. The number of nitrogens with zero attached hydrogens (tertiary/aromatic N) is 3. The highest BCUT2D eigenvalue weighted by Gasteiger charge is 2.06. The van der Waals surface area contributed by atoms with E-state index >= 15 is 0 Å². The normalized spacial score (nSPS) is 11.8. The third kappa shape index (κ3) is 3.88. The first kappa shape index (κ1) is 14.7. The molecule has 0 amide bonds. The predicted molar refractivity (Wildman–Crippen MR) is 77.2 cm³/mol. The van der Waals surface area contributed by atoms with Gasteiger partial charge in [-0.15, -0.1) is 0 Å². The van der Waals surface area contributed by atoms with E-state index in [1.807, 2.05) is 6.92 Å². The van der Waals surface area contributed by atoms with Gasteiger partial charge in [-0.05, 0) is 24.6 Å². The molecular weight excluding hydrogens is 281 g/mol. The van der Waals surface area contributed by atoms with E-state index in [0.29, 0.717) is 24.7 Å². The first-order valence-electron chi connectivity index (χ1n) is 6.29. The van der Waals surface area contributed by atoms with E-state index in [0.717, 1.165) is 6.42 Å². The molecule has 1 aromatic heterocycles. The van der Waals surface area contributed by atoms with Crippen LogP contribution in [0.2, 0.25) is 5.02 Å². The van der Waals surface area contributed by atoms with Gasteiger partial charge in [0.15, 0.2) is 0 Å². The van der Waals surface area contributed by atoms with Crippen LogP contribution in [0.5, 0.6) is 0 Å². The van der Waals surface area contributed by atoms with Crippen LogP contribution in [-0.4, -0.2) is 28.6 Å². The van der Waals surface area contributed by atoms with Gasteiger partial charge in [-0.1, -0.05) is 18.5 Å². The standard InChI is InChI=1S/C14H15ClFN3O/c1-2-7-20-9-14(19-6-5-17-10-19)18-13-4-3-11(16)8-12(13)15/h3-6,8,10H,2,7,9H2,1H3. The summed E-state index contributed by atoms with van der Waals surface area (Å²) in [5, 5.41) is 0.262. The Bertz CT molecular complexity index is 584. The molecule has 0 atom stereocenters. The van der Waals surface area contributed by atoms with Crippen LogP contribution in [0.15, 0.2) is 41.9 Å². The van der Waals surface area contributed by atoms with Crippen molar-refractivity contribution in [1.82, 2.24) is 9.55 Å². The molecule has 4 nitrogen and oxygen atoms in total. The van der Waals surface area contributed by atoms with Gasteiger partial charge in [0, 0.05) is 19.0 Å². The topological polar surface area (TPSA) is 39.4 Å². The van der Waals surface area contributed by atoms with Crippen LogP contribution in [0.25, 0.3) is 0 Å². The average Bonchev–Trinajstić information content (AvgIpc) is 2.94. The van der Waals surface area contributed by atoms with Crippen LogP contribution in [0.3, 0.4) is 0 Å². The number of hydrogen-bond acceptors (Lipinski definition) is 3. The number of rotatable bonds is 5. The molecule has 0 aliphatic heterocycles. The summed E-state index contributed by atoms with van der Waals surface area (Å²) in [6.07, 6.45) is 5.98. The first-order chi connectivity index (χ1) is 9.70. The number of halogens is 2. The molecule has 0 aliphatic rings. The van der Waals surface area contributed by atoms with Crippen molar-refractivity contribution in [3.8, 4) is 0 Å². The van der Waals surface area contributed by atoms with E-state index in [2.05, 4.69) is 9.98 Å². The monoisotopic (exact) mass is 295 g/mol. The van der Waals surface area contributed by atoms with Crippen LogP contribution in [0.1, 0.15) is 13.3 Å². The molecule has 0 saturated heterocycles. The Kier molecular flexibility index (Phi) is 5.26. The third-order valence-electron chi connectivity index (χ3n) is 2.54. The molecule has 2 aromatic rings. The van der Waals surface area contributed by atoms with Gasteiger partial charge in [0.05, 0.1) is 10.7 Å². The zero-order valence-electron chi connectivity index (χ0n) is 11.1. The molecule has 0 aliphatic carbocycles. The summed E-state index contributed by atoms with van der Waals surface area (Å²) in [6.45, 7) is 3.01. The van der Waals surface area contributed by atoms with E-state index in [9.17, 15) is 4.39 Å². The molecule has 0 fully saturated rings. The maximum Gasteiger partial charge on any atom is 0.140 e. The lowest BCUT2D eigenvalue weighted by Gasteiger charge is -2.09. The molecule has 0 saturated carbocycles. The highest BCUT2D eigenvalue weighted by molar-refractivity contribution is 6.33. The first-order valence-corrected chi connectivity index (χ1v) is 6.67. The number of ether oxygens (including phenoxy) is 1. The van der Waals surface area contributed by atoms with Crippen molar-refractivity contribution < 1.29 is 9.13 Å². The summed E-state index contributed by atoms with van der Waals surface area (Å²) >= 11 is 5.98. The van der Waals surface area contributed by atoms with Crippen molar-refractivity contribution in [2.45, 2.75) is 13.3 Å². The van der Waals surface area contributed by atoms with E-state index in [1.165, 1.54) is 18.2 Å². The Balaban J connectivity index is 2.27. The van der Waals surface area contributed by atoms with Gasteiger partial charge in [-0.2, -0.15) is 0 Å². The van der Waals surface area contributed by atoms with Crippen molar-refractivity contribution in [2.24, 2.45) is 4.99 Å². The van der Waals surface area contributed by atoms with Crippen LogP contribution >= 0.6 is 11.6 Å².